The molecule has 3 nitrogen and oxygen atoms in total. The van der Waals surface area contributed by atoms with Gasteiger partial charge in [0.1, 0.15) is 11.6 Å². The van der Waals surface area contributed by atoms with Gasteiger partial charge in [0, 0.05) is 10.9 Å². The smallest absolute Gasteiger partial charge is 0.166 e. The molecule has 3 N–H and O–H groups in total. The molecular weight excluding hydrogens is 267 g/mol. The molecule has 0 aliphatic rings. The Morgan fingerprint density at radius 1 is 0.952 bits per heavy atom. The quantitative estimate of drug-likeness (QED) is 0.561. The molecule has 0 heterocycles. The molecule has 104 valence electrons. The summed E-state index contributed by atoms with van der Waals surface area (Å²) < 4.78 is 19.7. The van der Waals surface area contributed by atoms with Gasteiger partial charge in [-0.15, -0.1) is 0 Å². The zero-order valence-electron chi connectivity index (χ0n) is 11.1. The second-order valence-electron chi connectivity index (χ2n) is 4.64. The van der Waals surface area contributed by atoms with Gasteiger partial charge in [-0.25, -0.2) is 4.39 Å². The first-order chi connectivity index (χ1) is 10.1. The summed E-state index contributed by atoms with van der Waals surface area (Å²) in [5, 5.41) is 9.24. The first-order valence-electron chi connectivity index (χ1n) is 6.45. The Balaban J connectivity index is 2.01. The Morgan fingerprint density at radius 3 is 2.48 bits per heavy atom. The summed E-state index contributed by atoms with van der Waals surface area (Å²) in [6.07, 6.45) is 0. The highest BCUT2D eigenvalue weighted by atomic mass is 19.1. The molecule has 0 bridgehead atoms. The van der Waals surface area contributed by atoms with Gasteiger partial charge in [0.25, 0.3) is 0 Å². The minimum atomic E-state index is -0.546. The van der Waals surface area contributed by atoms with Gasteiger partial charge >= 0.3 is 0 Å². The molecule has 0 atom stereocenters. The first-order valence-corrected chi connectivity index (χ1v) is 6.45. The second kappa shape index (κ2) is 5.25. The lowest BCUT2D eigenvalue weighted by Crippen LogP contribution is -2.11. The molecule has 21 heavy (non-hydrogen) atoms. The number of halogens is 1. The molecule has 0 amide bonds. The van der Waals surface area contributed by atoms with Crippen molar-refractivity contribution in [2.75, 3.05) is 0 Å². The summed E-state index contributed by atoms with van der Waals surface area (Å²) in [7, 11) is 0. The van der Waals surface area contributed by atoms with Crippen LogP contribution in [0, 0.1) is 11.2 Å². The third-order valence-corrected chi connectivity index (χ3v) is 3.21. The maximum Gasteiger partial charge on any atom is 0.166 e. The highest BCUT2D eigenvalue weighted by molar-refractivity contribution is 5.95. The van der Waals surface area contributed by atoms with E-state index in [0.717, 1.165) is 10.8 Å². The predicted molar refractivity (Wildman–Crippen MR) is 81.4 cm³/mol. The van der Waals surface area contributed by atoms with E-state index in [2.05, 4.69) is 0 Å². The molecule has 0 aliphatic heterocycles. The summed E-state index contributed by atoms with van der Waals surface area (Å²) in [5.74, 6) is -0.0276. The average Bonchev–Trinajstić information content (AvgIpc) is 2.49. The fourth-order valence-corrected chi connectivity index (χ4v) is 2.15. The van der Waals surface area contributed by atoms with E-state index < -0.39 is 5.82 Å². The van der Waals surface area contributed by atoms with Crippen molar-refractivity contribution in [1.29, 1.82) is 5.41 Å². The zero-order valence-corrected chi connectivity index (χ0v) is 11.1. The van der Waals surface area contributed by atoms with Crippen LogP contribution in [0.1, 0.15) is 5.56 Å². The summed E-state index contributed by atoms with van der Waals surface area (Å²) in [6.45, 7) is 0. The van der Waals surface area contributed by atoms with Crippen LogP contribution < -0.4 is 10.5 Å². The van der Waals surface area contributed by atoms with E-state index in [-0.39, 0.29) is 11.6 Å². The normalized spacial score (nSPS) is 10.5. The Kier molecular flexibility index (Phi) is 3.28. The van der Waals surface area contributed by atoms with Gasteiger partial charge in [0.15, 0.2) is 11.6 Å². The van der Waals surface area contributed by atoms with Gasteiger partial charge in [0.2, 0.25) is 0 Å². The van der Waals surface area contributed by atoms with E-state index >= 15 is 0 Å². The van der Waals surface area contributed by atoms with Gasteiger partial charge in [-0.1, -0.05) is 36.4 Å². The fourth-order valence-electron chi connectivity index (χ4n) is 2.15. The van der Waals surface area contributed by atoms with E-state index in [1.165, 1.54) is 12.1 Å². The van der Waals surface area contributed by atoms with Gasteiger partial charge in [-0.3, -0.25) is 5.41 Å². The number of rotatable bonds is 3. The molecule has 0 radical (unpaired) electrons. The maximum atomic E-state index is 14.0. The number of fused-ring (bicyclic) bond motifs is 1. The number of benzene rings is 3. The van der Waals surface area contributed by atoms with Crippen LogP contribution in [0.15, 0.2) is 60.7 Å². The van der Waals surface area contributed by atoms with E-state index in [1.54, 1.807) is 12.1 Å². The van der Waals surface area contributed by atoms with Crippen LogP contribution in [0.5, 0.6) is 11.5 Å². The Hall–Kier alpha value is -2.88. The lowest BCUT2D eigenvalue weighted by atomic mass is 10.1. The van der Waals surface area contributed by atoms with Crippen molar-refractivity contribution in [1.82, 2.24) is 0 Å². The highest BCUT2D eigenvalue weighted by Gasteiger charge is 2.09. The number of hydrogen-bond donors (Lipinski definition) is 2. The molecule has 0 aliphatic carbocycles. The molecule has 0 saturated heterocycles. The van der Waals surface area contributed by atoms with Crippen molar-refractivity contribution >= 4 is 16.6 Å². The van der Waals surface area contributed by atoms with Crippen molar-refractivity contribution in [3.05, 3.63) is 72.0 Å². The van der Waals surface area contributed by atoms with Crippen LogP contribution in [0.3, 0.4) is 0 Å². The van der Waals surface area contributed by atoms with E-state index in [4.69, 9.17) is 15.9 Å². The molecule has 0 aromatic heterocycles. The number of nitrogens with one attached hydrogen (secondary N) is 1. The molecular formula is C17H13FN2O. The molecule has 3 aromatic rings. The highest BCUT2D eigenvalue weighted by Crippen LogP contribution is 2.31. The summed E-state index contributed by atoms with van der Waals surface area (Å²) in [5.41, 5.74) is 5.67. The van der Waals surface area contributed by atoms with Crippen molar-refractivity contribution < 1.29 is 9.13 Å². The Bertz CT molecular complexity index is 825. The SMILES string of the molecule is N=C(N)c1ccc(Oc2cccc3ccccc23)c(F)c1. The topological polar surface area (TPSA) is 59.1 Å². The van der Waals surface area contributed by atoms with Crippen LogP contribution in [0.2, 0.25) is 0 Å². The first kappa shape index (κ1) is 13.1. The van der Waals surface area contributed by atoms with Crippen molar-refractivity contribution in [3.8, 4) is 11.5 Å². The molecule has 3 aromatic carbocycles. The third-order valence-electron chi connectivity index (χ3n) is 3.21. The van der Waals surface area contributed by atoms with Crippen LogP contribution >= 0.6 is 0 Å². The van der Waals surface area contributed by atoms with E-state index in [9.17, 15) is 4.39 Å². The maximum absolute atomic E-state index is 14.0. The Labute approximate surface area is 121 Å². The number of nitrogens with two attached hydrogens (primary N) is 1. The van der Waals surface area contributed by atoms with Crippen molar-refractivity contribution in [2.45, 2.75) is 0 Å². The van der Waals surface area contributed by atoms with Gasteiger partial charge in [-0.05, 0) is 29.7 Å². The summed E-state index contributed by atoms with van der Waals surface area (Å²) >= 11 is 0. The van der Waals surface area contributed by atoms with E-state index in [0.29, 0.717) is 11.3 Å². The third kappa shape index (κ3) is 2.56. The lowest BCUT2D eigenvalue weighted by molar-refractivity contribution is 0.446. The number of nitrogen functional groups attached to an aromatic ring is 1. The van der Waals surface area contributed by atoms with Crippen LogP contribution in [0.4, 0.5) is 4.39 Å². The molecule has 3 rings (SSSR count). The van der Waals surface area contributed by atoms with Crippen LogP contribution in [0.25, 0.3) is 10.8 Å². The second-order valence-corrected chi connectivity index (χ2v) is 4.64. The number of hydrogen-bond acceptors (Lipinski definition) is 2. The van der Waals surface area contributed by atoms with Gasteiger partial charge < -0.3 is 10.5 Å². The van der Waals surface area contributed by atoms with E-state index in [1.807, 2.05) is 36.4 Å². The number of amidine groups is 1. The van der Waals surface area contributed by atoms with Gasteiger partial charge in [-0.2, -0.15) is 0 Å². The summed E-state index contributed by atoms with van der Waals surface area (Å²) in [6, 6.07) is 17.6. The minimum Gasteiger partial charge on any atom is -0.454 e. The monoisotopic (exact) mass is 280 g/mol. The average molecular weight is 280 g/mol. The minimum absolute atomic E-state index is 0.108. The Morgan fingerprint density at radius 2 is 1.71 bits per heavy atom. The number of ether oxygens (including phenoxy) is 1. The largest absolute Gasteiger partial charge is 0.454 e. The molecule has 0 unspecified atom stereocenters. The van der Waals surface area contributed by atoms with Crippen molar-refractivity contribution in [3.63, 3.8) is 0 Å². The van der Waals surface area contributed by atoms with Gasteiger partial charge in [0.05, 0.1) is 0 Å². The van der Waals surface area contributed by atoms with Crippen LogP contribution in [-0.2, 0) is 0 Å². The molecule has 0 saturated carbocycles. The summed E-state index contributed by atoms with van der Waals surface area (Å²) in [4.78, 5) is 0. The lowest BCUT2D eigenvalue weighted by Gasteiger charge is -2.10. The zero-order chi connectivity index (χ0) is 14.8. The molecule has 0 spiro atoms. The predicted octanol–water partition coefficient (Wildman–Crippen LogP) is 4.06. The van der Waals surface area contributed by atoms with Crippen LogP contribution in [-0.4, -0.2) is 5.84 Å². The standard InChI is InChI=1S/C17H13FN2O/c18-14-10-12(17(19)20)8-9-16(14)21-15-7-3-5-11-4-1-2-6-13(11)15/h1-10H,(H3,19,20). The van der Waals surface area contributed by atoms with Crippen molar-refractivity contribution in [2.24, 2.45) is 5.73 Å². The fraction of sp³-hybridized carbons (Fsp3) is 0. The molecule has 0 fully saturated rings. The molecule has 4 heteroatoms.